The van der Waals surface area contributed by atoms with Crippen molar-refractivity contribution in [2.24, 2.45) is 11.7 Å². The van der Waals surface area contributed by atoms with E-state index in [-0.39, 0.29) is 38.1 Å². The van der Waals surface area contributed by atoms with Crippen LogP contribution in [0, 0.1) is 17.2 Å². The number of carbonyl (C=O) groups excluding carboxylic acids is 2. The fraction of sp³-hybridized carbons (Fsp3) is 0.667. The third-order valence-corrected chi connectivity index (χ3v) is 7.30. The maximum atomic E-state index is 13.6. The van der Waals surface area contributed by atoms with Crippen LogP contribution in [0.5, 0.6) is 0 Å². The quantitative estimate of drug-likeness (QED) is 0.417. The van der Waals surface area contributed by atoms with Gasteiger partial charge in [-0.05, 0) is 31.5 Å². The van der Waals surface area contributed by atoms with Crippen molar-refractivity contribution < 1.29 is 27.5 Å². The number of alkyl halides is 3. The van der Waals surface area contributed by atoms with Crippen LogP contribution in [0.3, 0.4) is 0 Å². The van der Waals surface area contributed by atoms with E-state index in [1.807, 2.05) is 6.07 Å². The van der Waals surface area contributed by atoms with Gasteiger partial charge in [-0.2, -0.15) is 18.4 Å². The van der Waals surface area contributed by atoms with Crippen LogP contribution in [0.1, 0.15) is 24.8 Å². The molecule has 0 aliphatic carbocycles. The van der Waals surface area contributed by atoms with Crippen LogP contribution in [0.25, 0.3) is 0 Å². The minimum atomic E-state index is -4.64. The molecule has 4 N–H and O–H groups in total. The summed E-state index contributed by atoms with van der Waals surface area (Å²) in [5.74, 6) is -2.50. The van der Waals surface area contributed by atoms with E-state index in [2.05, 4.69) is 20.7 Å². The number of amides is 2. The van der Waals surface area contributed by atoms with Crippen LogP contribution in [0.4, 0.5) is 19.0 Å². The summed E-state index contributed by atoms with van der Waals surface area (Å²) in [6, 6.07) is 3.73. The minimum Gasteiger partial charge on any atom is -0.378 e. The number of likely N-dealkylation sites (tertiary alicyclic amines) is 1. The molecule has 3 saturated heterocycles. The highest BCUT2D eigenvalue weighted by Crippen LogP contribution is 2.35. The van der Waals surface area contributed by atoms with E-state index < -0.39 is 30.1 Å². The summed E-state index contributed by atoms with van der Waals surface area (Å²) in [4.78, 5) is 34.5. The topological polar surface area (TPSA) is 140 Å². The number of ether oxygens (including phenoxy) is 1. The fourth-order valence-electron chi connectivity index (χ4n) is 5.35. The Bertz CT molecular complexity index is 1010. The van der Waals surface area contributed by atoms with Crippen molar-refractivity contribution in [3.8, 4) is 6.07 Å². The zero-order valence-corrected chi connectivity index (χ0v) is 21.0. The Balaban J connectivity index is 1.20. The summed E-state index contributed by atoms with van der Waals surface area (Å²) in [5, 5.41) is 8.90. The number of hydrazine groups is 1. The SMILES string of the molecule is N#Cc1ccc(N2CCN(C(=O)C[C@@H](N)COC[C@@H]3CCCN3C3CNNC(=O)C3C(F)(F)F)CC2)nc1. The second-order valence-electron chi connectivity index (χ2n) is 9.88. The molecule has 1 aromatic heterocycles. The van der Waals surface area contributed by atoms with Gasteiger partial charge in [0.1, 0.15) is 11.9 Å². The molecule has 1 aromatic rings. The van der Waals surface area contributed by atoms with E-state index >= 15 is 0 Å². The highest BCUT2D eigenvalue weighted by molar-refractivity contribution is 5.80. The monoisotopic (exact) mass is 538 g/mol. The molecule has 2 unspecified atom stereocenters. The van der Waals surface area contributed by atoms with Gasteiger partial charge < -0.3 is 20.3 Å². The summed E-state index contributed by atoms with van der Waals surface area (Å²) >= 11 is 0. The van der Waals surface area contributed by atoms with Crippen LogP contribution in [0.2, 0.25) is 0 Å². The molecule has 0 saturated carbocycles. The molecule has 14 heteroatoms. The largest absolute Gasteiger partial charge is 0.402 e. The lowest BCUT2D eigenvalue weighted by Gasteiger charge is -2.40. The number of carbonyl (C=O) groups is 2. The first-order valence-corrected chi connectivity index (χ1v) is 12.7. The van der Waals surface area contributed by atoms with E-state index in [0.29, 0.717) is 51.1 Å². The maximum Gasteiger partial charge on any atom is 0.402 e. The van der Waals surface area contributed by atoms with E-state index in [1.54, 1.807) is 21.9 Å². The average Bonchev–Trinajstić information content (AvgIpc) is 3.36. The van der Waals surface area contributed by atoms with Gasteiger partial charge in [-0.25, -0.2) is 10.4 Å². The number of aromatic nitrogens is 1. The number of pyridine rings is 1. The molecular formula is C24H33F3N8O3. The van der Waals surface area contributed by atoms with Gasteiger partial charge in [0.05, 0.1) is 18.8 Å². The molecular weight excluding hydrogens is 505 g/mol. The standard InChI is InChI=1S/C24H33F3N8O3/c25-24(26,27)22-19(13-31-32-23(22)37)35-5-1-2-18(35)15-38-14-17(29)10-21(36)34-8-6-33(7-9-34)20-4-3-16(11-28)12-30-20/h3-4,12,17-19,22,31H,1-2,5-10,13-15,29H2,(H,32,37)/t17-,18+,19?,22?/m1/s1. The molecule has 3 fully saturated rings. The zero-order chi connectivity index (χ0) is 27.3. The Hall–Kier alpha value is -2.99. The van der Waals surface area contributed by atoms with E-state index in [1.165, 1.54) is 6.20 Å². The fourth-order valence-corrected chi connectivity index (χ4v) is 5.35. The summed E-state index contributed by atoms with van der Waals surface area (Å²) in [7, 11) is 0. The van der Waals surface area contributed by atoms with E-state index in [9.17, 15) is 22.8 Å². The first-order chi connectivity index (χ1) is 18.2. The minimum absolute atomic E-state index is 0.00502. The van der Waals surface area contributed by atoms with Gasteiger partial charge in [-0.3, -0.25) is 19.9 Å². The van der Waals surface area contributed by atoms with Gasteiger partial charge >= 0.3 is 6.18 Å². The molecule has 208 valence electrons. The smallest absolute Gasteiger partial charge is 0.378 e. The third-order valence-electron chi connectivity index (χ3n) is 7.30. The number of nitrogens with one attached hydrogen (secondary N) is 2. The molecule has 4 heterocycles. The first kappa shape index (κ1) is 28.0. The molecule has 38 heavy (non-hydrogen) atoms. The first-order valence-electron chi connectivity index (χ1n) is 12.7. The summed E-state index contributed by atoms with van der Waals surface area (Å²) < 4.78 is 46.5. The second kappa shape index (κ2) is 12.2. The molecule has 3 aliphatic heterocycles. The summed E-state index contributed by atoms with van der Waals surface area (Å²) in [6.45, 7) is 3.01. The predicted octanol–water partition coefficient (Wildman–Crippen LogP) is -0.0182. The molecule has 4 rings (SSSR count). The van der Waals surface area contributed by atoms with Crippen molar-refractivity contribution in [2.75, 3.05) is 57.4 Å². The molecule has 3 aliphatic rings. The lowest BCUT2D eigenvalue weighted by atomic mass is 9.94. The van der Waals surface area contributed by atoms with E-state index in [0.717, 1.165) is 5.82 Å². The van der Waals surface area contributed by atoms with Gasteiger partial charge in [0.25, 0.3) is 0 Å². The predicted molar refractivity (Wildman–Crippen MR) is 130 cm³/mol. The Kier molecular flexibility index (Phi) is 9.03. The van der Waals surface area contributed by atoms with Crippen molar-refractivity contribution in [3.63, 3.8) is 0 Å². The van der Waals surface area contributed by atoms with Crippen molar-refractivity contribution in [1.82, 2.24) is 25.6 Å². The number of halogens is 3. The Morgan fingerprint density at radius 3 is 2.68 bits per heavy atom. The Morgan fingerprint density at radius 2 is 2.03 bits per heavy atom. The number of rotatable bonds is 8. The summed E-state index contributed by atoms with van der Waals surface area (Å²) in [5.41, 5.74) is 11.3. The molecule has 11 nitrogen and oxygen atoms in total. The molecule has 0 radical (unpaired) electrons. The van der Waals surface area contributed by atoms with Crippen LogP contribution >= 0.6 is 0 Å². The number of hydrogen-bond donors (Lipinski definition) is 3. The zero-order valence-electron chi connectivity index (χ0n) is 21.0. The molecule has 0 bridgehead atoms. The third kappa shape index (κ3) is 6.71. The Labute approximate surface area is 219 Å². The molecule has 0 spiro atoms. The van der Waals surface area contributed by atoms with Crippen LogP contribution in [-0.2, 0) is 14.3 Å². The number of nitriles is 1. The van der Waals surface area contributed by atoms with Gasteiger partial charge in [-0.1, -0.05) is 0 Å². The highest BCUT2D eigenvalue weighted by atomic mass is 19.4. The van der Waals surface area contributed by atoms with E-state index in [4.69, 9.17) is 15.7 Å². The van der Waals surface area contributed by atoms with Crippen molar-refractivity contribution in [2.45, 2.75) is 43.6 Å². The normalized spacial score (nSPS) is 25.7. The van der Waals surface area contributed by atoms with Crippen molar-refractivity contribution >= 4 is 17.6 Å². The second-order valence-corrected chi connectivity index (χ2v) is 9.88. The van der Waals surface area contributed by atoms with Crippen LogP contribution in [-0.4, -0.2) is 103 Å². The van der Waals surface area contributed by atoms with Gasteiger partial charge in [0, 0.05) is 63.5 Å². The Morgan fingerprint density at radius 1 is 1.26 bits per heavy atom. The number of nitrogens with zero attached hydrogens (tertiary/aromatic N) is 5. The highest BCUT2D eigenvalue weighted by Gasteiger charge is 2.54. The number of piperazine rings is 1. The number of nitrogens with two attached hydrogens (primary N) is 1. The molecule has 2 amide bonds. The van der Waals surface area contributed by atoms with Gasteiger partial charge in [-0.15, -0.1) is 0 Å². The number of hydrogen-bond acceptors (Lipinski definition) is 9. The average molecular weight is 539 g/mol. The molecule has 4 atom stereocenters. The van der Waals surface area contributed by atoms with Crippen molar-refractivity contribution in [1.29, 1.82) is 5.26 Å². The van der Waals surface area contributed by atoms with Gasteiger partial charge in [0.15, 0.2) is 5.92 Å². The number of anilines is 1. The van der Waals surface area contributed by atoms with Crippen molar-refractivity contribution in [3.05, 3.63) is 23.9 Å². The lowest BCUT2D eigenvalue weighted by molar-refractivity contribution is -0.201. The van der Waals surface area contributed by atoms with Gasteiger partial charge in [0.2, 0.25) is 11.8 Å². The molecule has 0 aromatic carbocycles. The lowest BCUT2D eigenvalue weighted by Crippen LogP contribution is -2.65. The summed E-state index contributed by atoms with van der Waals surface area (Å²) in [6.07, 6.45) is -1.64. The maximum absolute atomic E-state index is 13.6. The van der Waals surface area contributed by atoms with Crippen LogP contribution < -0.4 is 21.5 Å². The van der Waals surface area contributed by atoms with Crippen LogP contribution in [0.15, 0.2) is 18.3 Å².